The average molecular weight is 407 g/mol. The monoisotopic (exact) mass is 407 g/mol. The molecule has 0 spiro atoms. The van der Waals surface area contributed by atoms with Crippen molar-refractivity contribution in [2.75, 3.05) is 4.43 Å². The number of halogens is 1. The number of sulfonamides is 1. The molecular weight excluding hydrogens is 385 g/mol. The first-order chi connectivity index (χ1) is 9.52. The summed E-state index contributed by atoms with van der Waals surface area (Å²) in [5.41, 5.74) is 1.08. The van der Waals surface area contributed by atoms with Gasteiger partial charge in [-0.15, -0.1) is 0 Å². The van der Waals surface area contributed by atoms with Gasteiger partial charge in [0.1, 0.15) is 0 Å². The summed E-state index contributed by atoms with van der Waals surface area (Å²) in [6.45, 7) is 4.14. The van der Waals surface area contributed by atoms with Gasteiger partial charge in [-0.1, -0.05) is 66.5 Å². The lowest BCUT2D eigenvalue weighted by molar-refractivity contribution is 0.537. The molecule has 1 aromatic rings. The molecule has 0 saturated carbocycles. The van der Waals surface area contributed by atoms with Crippen molar-refractivity contribution in [1.82, 2.24) is 4.31 Å². The van der Waals surface area contributed by atoms with E-state index in [0.29, 0.717) is 4.90 Å². The van der Waals surface area contributed by atoms with Crippen LogP contribution < -0.4 is 0 Å². The first kappa shape index (κ1) is 16.2. The van der Waals surface area contributed by atoms with Crippen LogP contribution in [0.2, 0.25) is 0 Å². The Hall–Kier alpha value is -0.140. The smallest absolute Gasteiger partial charge is 0.207 e. The molecule has 0 aliphatic carbocycles. The second-order valence-corrected chi connectivity index (χ2v) is 8.16. The topological polar surface area (TPSA) is 37.1 Å². The first-order valence-electron chi connectivity index (χ1n) is 7.18. The van der Waals surface area contributed by atoms with E-state index < -0.39 is 10.0 Å². The number of alkyl halides is 1. The number of benzene rings is 1. The molecule has 2 rings (SSSR count). The molecular formula is C15H22INO2S. The summed E-state index contributed by atoms with van der Waals surface area (Å²) in [7, 11) is -3.30. The largest absolute Gasteiger partial charge is 0.243 e. The van der Waals surface area contributed by atoms with Crippen molar-refractivity contribution >= 4 is 32.6 Å². The van der Waals surface area contributed by atoms with Crippen molar-refractivity contribution in [3.8, 4) is 0 Å². The van der Waals surface area contributed by atoms with Crippen molar-refractivity contribution in [3.05, 3.63) is 29.8 Å². The second-order valence-electron chi connectivity index (χ2n) is 5.43. The summed E-state index contributed by atoms with van der Waals surface area (Å²) in [5.74, 6) is 0. The van der Waals surface area contributed by atoms with Crippen molar-refractivity contribution in [1.29, 1.82) is 0 Å². The van der Waals surface area contributed by atoms with Crippen LogP contribution in [0.4, 0.5) is 0 Å². The van der Waals surface area contributed by atoms with E-state index in [4.69, 9.17) is 0 Å². The third-order valence-electron chi connectivity index (χ3n) is 3.87. The second kappa shape index (κ2) is 6.75. The molecule has 1 unspecified atom stereocenters. The molecule has 0 bridgehead atoms. The molecule has 0 N–H and O–H groups in total. The van der Waals surface area contributed by atoms with Crippen LogP contribution in [0, 0.1) is 6.92 Å². The van der Waals surface area contributed by atoms with Gasteiger partial charge in [-0.25, -0.2) is 8.42 Å². The molecule has 112 valence electrons. The van der Waals surface area contributed by atoms with Crippen LogP contribution in [0.3, 0.4) is 0 Å². The predicted molar refractivity (Wildman–Crippen MR) is 90.8 cm³/mol. The highest BCUT2D eigenvalue weighted by Gasteiger charge is 2.53. The Morgan fingerprint density at radius 1 is 1.15 bits per heavy atom. The van der Waals surface area contributed by atoms with E-state index >= 15 is 0 Å². The minimum Gasteiger partial charge on any atom is -0.207 e. The third kappa shape index (κ3) is 3.36. The quantitative estimate of drug-likeness (QED) is 0.299. The minimum atomic E-state index is -3.30. The van der Waals surface area contributed by atoms with Crippen LogP contribution in [0.5, 0.6) is 0 Å². The molecule has 3 nitrogen and oxygen atoms in total. The van der Waals surface area contributed by atoms with Crippen LogP contribution in [-0.4, -0.2) is 29.2 Å². The molecule has 0 aromatic heterocycles. The van der Waals surface area contributed by atoms with Gasteiger partial charge in [-0.3, -0.25) is 0 Å². The van der Waals surface area contributed by atoms with E-state index in [1.54, 1.807) is 16.4 Å². The van der Waals surface area contributed by atoms with E-state index in [1.807, 2.05) is 19.1 Å². The van der Waals surface area contributed by atoms with E-state index in [1.165, 1.54) is 12.8 Å². The van der Waals surface area contributed by atoms with E-state index in [-0.39, 0.29) is 12.1 Å². The lowest BCUT2D eigenvalue weighted by atomic mass is 10.1. The van der Waals surface area contributed by atoms with Gasteiger partial charge in [0.25, 0.3) is 0 Å². The van der Waals surface area contributed by atoms with Crippen molar-refractivity contribution in [2.24, 2.45) is 0 Å². The highest BCUT2D eigenvalue weighted by molar-refractivity contribution is 14.1. The average Bonchev–Trinajstić information content (AvgIpc) is 3.14. The number of nitrogens with zero attached hydrogens (tertiary/aromatic N) is 1. The van der Waals surface area contributed by atoms with Gasteiger partial charge in [0.15, 0.2) is 0 Å². The third-order valence-corrected chi connectivity index (χ3v) is 6.73. The number of hydrogen-bond acceptors (Lipinski definition) is 2. The predicted octanol–water partition coefficient (Wildman–Crippen LogP) is 3.75. The summed E-state index contributed by atoms with van der Waals surface area (Å²) in [4.78, 5) is 0.427. The summed E-state index contributed by atoms with van der Waals surface area (Å²) in [5, 5.41) is 0. The molecule has 5 heteroatoms. The molecule has 1 aliphatic heterocycles. The van der Waals surface area contributed by atoms with Gasteiger partial charge in [0, 0.05) is 10.5 Å². The molecule has 1 aliphatic rings. The van der Waals surface area contributed by atoms with Crippen molar-refractivity contribution in [2.45, 2.75) is 56.5 Å². The molecule has 3 atom stereocenters. The number of aryl methyl sites for hydroxylation is 1. The zero-order valence-electron chi connectivity index (χ0n) is 12.0. The molecule has 1 aromatic carbocycles. The number of rotatable bonds is 7. The molecule has 0 amide bonds. The Balaban J connectivity index is 2.11. The first-order valence-corrected chi connectivity index (χ1v) is 10.1. The minimum absolute atomic E-state index is 0.193. The lowest BCUT2D eigenvalue weighted by Crippen LogP contribution is -2.16. The van der Waals surface area contributed by atoms with Gasteiger partial charge in [-0.2, -0.15) is 4.31 Å². The van der Waals surface area contributed by atoms with Crippen LogP contribution in [0.25, 0.3) is 0 Å². The Labute approximate surface area is 135 Å². The maximum atomic E-state index is 12.6. The van der Waals surface area contributed by atoms with Crippen LogP contribution in [0.1, 0.15) is 38.2 Å². The summed E-state index contributed by atoms with van der Waals surface area (Å²) < 4.78 is 27.9. The van der Waals surface area contributed by atoms with Gasteiger partial charge in [0.05, 0.1) is 10.9 Å². The van der Waals surface area contributed by atoms with Crippen LogP contribution in [0.15, 0.2) is 29.2 Å². The van der Waals surface area contributed by atoms with E-state index in [9.17, 15) is 8.42 Å². The summed E-state index contributed by atoms with van der Waals surface area (Å²) in [6.07, 6.45) is 4.47. The maximum absolute atomic E-state index is 12.6. The van der Waals surface area contributed by atoms with Gasteiger partial charge < -0.3 is 0 Å². The fraction of sp³-hybridized carbons (Fsp3) is 0.600. The fourth-order valence-corrected chi connectivity index (χ4v) is 5.71. The standard InChI is InChI=1S/C15H22INO2S/c1-3-4-5-6-14-15(11-16)17(14)20(18,19)13-9-7-12(2)8-10-13/h7-10,14-15H,3-6,11H2,1-2H3/t14-,15-,17?/m1/s1. The maximum Gasteiger partial charge on any atom is 0.243 e. The summed E-state index contributed by atoms with van der Waals surface area (Å²) >= 11 is 2.29. The van der Waals surface area contributed by atoms with Crippen LogP contribution >= 0.6 is 22.6 Å². The van der Waals surface area contributed by atoms with Crippen molar-refractivity contribution in [3.63, 3.8) is 0 Å². The molecule has 20 heavy (non-hydrogen) atoms. The van der Waals surface area contributed by atoms with Gasteiger partial charge in [0.2, 0.25) is 10.0 Å². The Morgan fingerprint density at radius 2 is 1.80 bits per heavy atom. The SMILES string of the molecule is CCCCC[C@@H]1[C@@H](CI)N1S(=O)(=O)c1ccc(C)cc1. The van der Waals surface area contributed by atoms with Gasteiger partial charge >= 0.3 is 0 Å². The van der Waals surface area contributed by atoms with E-state index in [0.717, 1.165) is 22.8 Å². The molecule has 1 saturated heterocycles. The highest BCUT2D eigenvalue weighted by Crippen LogP contribution is 2.39. The zero-order chi connectivity index (χ0) is 14.8. The van der Waals surface area contributed by atoms with E-state index in [2.05, 4.69) is 29.5 Å². The lowest BCUT2D eigenvalue weighted by Gasteiger charge is -2.07. The number of unbranched alkanes of at least 4 members (excludes halogenated alkanes) is 2. The zero-order valence-corrected chi connectivity index (χ0v) is 15.0. The Kier molecular flexibility index (Phi) is 5.48. The highest BCUT2D eigenvalue weighted by atomic mass is 127. The Morgan fingerprint density at radius 3 is 2.35 bits per heavy atom. The molecule has 0 radical (unpaired) electrons. The Bertz CT molecular complexity index is 541. The normalized spacial score (nSPS) is 25.6. The molecule has 1 fully saturated rings. The molecule has 1 heterocycles. The van der Waals surface area contributed by atoms with Crippen molar-refractivity contribution < 1.29 is 8.42 Å². The van der Waals surface area contributed by atoms with Crippen LogP contribution in [-0.2, 0) is 10.0 Å². The summed E-state index contributed by atoms with van der Waals surface area (Å²) in [6, 6.07) is 7.57. The fourth-order valence-electron chi connectivity index (χ4n) is 2.59. The number of hydrogen-bond donors (Lipinski definition) is 0. The van der Waals surface area contributed by atoms with Gasteiger partial charge in [-0.05, 0) is 25.5 Å².